The highest BCUT2D eigenvalue weighted by Gasteiger charge is 2.21. The summed E-state index contributed by atoms with van der Waals surface area (Å²) in [4.78, 5) is 24.7. The minimum absolute atomic E-state index is 0.0712. The van der Waals surface area contributed by atoms with Crippen LogP contribution >= 0.6 is 0 Å². The highest BCUT2D eigenvalue weighted by molar-refractivity contribution is 5.98. The number of alkyl halides is 2. The molecule has 0 fully saturated rings. The second kappa shape index (κ2) is 9.30. The number of amides is 1. The molecule has 0 aromatic heterocycles. The van der Waals surface area contributed by atoms with Crippen LogP contribution in [-0.2, 0) is 9.53 Å². The van der Waals surface area contributed by atoms with Gasteiger partial charge in [0.2, 0.25) is 0 Å². The molecular weight excluding hydrogens is 368 g/mol. The Labute approximate surface area is 162 Å². The Hall–Kier alpha value is -2.96. The fourth-order valence-corrected chi connectivity index (χ4v) is 2.62. The number of hydrogen-bond acceptors (Lipinski definition) is 4. The van der Waals surface area contributed by atoms with E-state index in [1.165, 1.54) is 31.2 Å². The van der Waals surface area contributed by atoms with Gasteiger partial charge in [-0.15, -0.1) is 0 Å². The number of esters is 1. The monoisotopic (exact) mass is 391 g/mol. The first-order valence-electron chi connectivity index (χ1n) is 8.85. The molecule has 150 valence electrons. The van der Waals surface area contributed by atoms with Crippen LogP contribution in [0, 0.1) is 6.92 Å². The second-order valence-corrected chi connectivity index (χ2v) is 6.63. The van der Waals surface area contributed by atoms with Gasteiger partial charge in [-0.2, -0.15) is 8.78 Å². The Balaban J connectivity index is 2.03. The van der Waals surface area contributed by atoms with Gasteiger partial charge < -0.3 is 14.8 Å². The van der Waals surface area contributed by atoms with E-state index < -0.39 is 24.6 Å². The first kappa shape index (κ1) is 21.3. The van der Waals surface area contributed by atoms with Crippen LogP contribution < -0.4 is 10.1 Å². The van der Waals surface area contributed by atoms with Gasteiger partial charge in [-0.1, -0.05) is 32.0 Å². The first-order chi connectivity index (χ1) is 13.2. The number of anilines is 1. The number of carbonyl (C=O) groups is 2. The number of carbonyl (C=O) groups excluding carboxylic acids is 2. The fraction of sp³-hybridized carbons (Fsp3) is 0.333. The molecular formula is C21H23F2NO4. The largest absolute Gasteiger partial charge is 0.449 e. The molecule has 1 N–H and O–H groups in total. The normalized spacial score (nSPS) is 12.0. The van der Waals surface area contributed by atoms with Crippen LogP contribution in [-0.4, -0.2) is 24.6 Å². The van der Waals surface area contributed by atoms with Crippen LogP contribution in [0.4, 0.5) is 14.5 Å². The summed E-state index contributed by atoms with van der Waals surface area (Å²) in [5, 5.41) is 2.83. The lowest BCUT2D eigenvalue weighted by Crippen LogP contribution is -2.30. The van der Waals surface area contributed by atoms with E-state index >= 15 is 0 Å². The molecule has 0 heterocycles. The first-order valence-corrected chi connectivity index (χ1v) is 8.85. The van der Waals surface area contributed by atoms with Gasteiger partial charge in [-0.25, -0.2) is 4.79 Å². The van der Waals surface area contributed by atoms with Gasteiger partial charge in [0, 0.05) is 5.69 Å². The third-order valence-corrected chi connectivity index (χ3v) is 4.14. The summed E-state index contributed by atoms with van der Waals surface area (Å²) in [6.07, 6.45) is -1.04. The summed E-state index contributed by atoms with van der Waals surface area (Å²) in [6, 6.07) is 10.8. The summed E-state index contributed by atoms with van der Waals surface area (Å²) in [5.74, 6) is -1.05. The van der Waals surface area contributed by atoms with E-state index in [-0.39, 0.29) is 17.2 Å². The third-order valence-electron chi connectivity index (χ3n) is 4.14. The van der Waals surface area contributed by atoms with E-state index in [0.29, 0.717) is 5.69 Å². The summed E-state index contributed by atoms with van der Waals surface area (Å²) in [5.41, 5.74) is 2.73. The molecule has 5 nitrogen and oxygen atoms in total. The quantitative estimate of drug-likeness (QED) is 0.682. The van der Waals surface area contributed by atoms with Crippen LogP contribution in [0.15, 0.2) is 42.5 Å². The van der Waals surface area contributed by atoms with Crippen LogP contribution in [0.25, 0.3) is 0 Å². The zero-order chi connectivity index (χ0) is 20.8. The topological polar surface area (TPSA) is 64.6 Å². The fourth-order valence-electron chi connectivity index (χ4n) is 2.62. The summed E-state index contributed by atoms with van der Waals surface area (Å²) in [6.45, 7) is 4.46. The number of para-hydroxylation sites is 1. The van der Waals surface area contributed by atoms with E-state index in [0.717, 1.165) is 11.1 Å². The maximum atomic E-state index is 12.5. The molecule has 0 aliphatic rings. The lowest BCUT2D eigenvalue weighted by atomic mass is 9.98. The maximum absolute atomic E-state index is 12.5. The zero-order valence-corrected chi connectivity index (χ0v) is 16.2. The summed E-state index contributed by atoms with van der Waals surface area (Å²) in [7, 11) is 0. The smallest absolute Gasteiger partial charge is 0.387 e. The van der Waals surface area contributed by atoms with E-state index in [9.17, 15) is 18.4 Å². The average Bonchev–Trinajstić information content (AvgIpc) is 2.63. The van der Waals surface area contributed by atoms with Crippen molar-refractivity contribution in [2.75, 3.05) is 5.32 Å². The Morgan fingerprint density at radius 1 is 1.00 bits per heavy atom. The molecule has 0 saturated heterocycles. The van der Waals surface area contributed by atoms with Gasteiger partial charge >= 0.3 is 12.6 Å². The standard InChI is InChI=1S/C21H23F2NO4/c1-12(2)17-7-5-6-13(3)18(17)24-19(25)14(4)27-20(26)15-8-10-16(11-9-15)28-21(22)23/h5-12,14,21H,1-4H3,(H,24,25)/t14-/m0/s1. The van der Waals surface area contributed by atoms with Crippen molar-refractivity contribution in [1.82, 2.24) is 0 Å². The minimum atomic E-state index is -2.95. The molecule has 0 aliphatic carbocycles. The summed E-state index contributed by atoms with van der Waals surface area (Å²) < 4.78 is 33.8. The van der Waals surface area contributed by atoms with Crippen molar-refractivity contribution in [2.24, 2.45) is 0 Å². The number of benzene rings is 2. The van der Waals surface area contributed by atoms with E-state index in [4.69, 9.17) is 4.74 Å². The Morgan fingerprint density at radius 2 is 1.64 bits per heavy atom. The van der Waals surface area contributed by atoms with E-state index in [2.05, 4.69) is 10.1 Å². The molecule has 0 aliphatic heterocycles. The molecule has 0 unspecified atom stereocenters. The van der Waals surface area contributed by atoms with E-state index in [1.807, 2.05) is 39.0 Å². The van der Waals surface area contributed by atoms with Gasteiger partial charge in [-0.05, 0) is 55.2 Å². The molecule has 0 bridgehead atoms. The second-order valence-electron chi connectivity index (χ2n) is 6.63. The van der Waals surface area contributed by atoms with Crippen LogP contribution in [0.5, 0.6) is 5.75 Å². The molecule has 28 heavy (non-hydrogen) atoms. The number of rotatable bonds is 7. The summed E-state index contributed by atoms with van der Waals surface area (Å²) >= 11 is 0. The van der Waals surface area contributed by atoms with Gasteiger partial charge in [0.25, 0.3) is 5.91 Å². The number of aryl methyl sites for hydroxylation is 1. The van der Waals surface area contributed by atoms with Crippen LogP contribution in [0.2, 0.25) is 0 Å². The number of ether oxygens (including phenoxy) is 2. The van der Waals surface area contributed by atoms with Gasteiger partial charge in [-0.3, -0.25) is 4.79 Å². The molecule has 2 aromatic rings. The predicted octanol–water partition coefficient (Wildman–Crippen LogP) is 4.90. The van der Waals surface area contributed by atoms with E-state index in [1.54, 1.807) is 0 Å². The number of hydrogen-bond donors (Lipinski definition) is 1. The maximum Gasteiger partial charge on any atom is 0.387 e. The highest BCUT2D eigenvalue weighted by atomic mass is 19.3. The van der Waals surface area contributed by atoms with Crippen molar-refractivity contribution >= 4 is 17.6 Å². The predicted molar refractivity (Wildman–Crippen MR) is 102 cm³/mol. The van der Waals surface area contributed by atoms with Crippen molar-refractivity contribution in [3.63, 3.8) is 0 Å². The van der Waals surface area contributed by atoms with Crippen molar-refractivity contribution in [3.05, 3.63) is 59.2 Å². The van der Waals surface area contributed by atoms with Crippen molar-refractivity contribution in [2.45, 2.75) is 46.3 Å². The Morgan fingerprint density at radius 3 is 2.21 bits per heavy atom. The number of nitrogens with one attached hydrogen (secondary N) is 1. The lowest BCUT2D eigenvalue weighted by Gasteiger charge is -2.19. The Kier molecular flexibility index (Phi) is 7.09. The highest BCUT2D eigenvalue weighted by Crippen LogP contribution is 2.27. The molecule has 0 spiro atoms. The van der Waals surface area contributed by atoms with Crippen LogP contribution in [0.1, 0.15) is 48.2 Å². The molecule has 1 amide bonds. The molecule has 2 rings (SSSR count). The van der Waals surface area contributed by atoms with Crippen LogP contribution in [0.3, 0.4) is 0 Å². The van der Waals surface area contributed by atoms with Crippen molar-refractivity contribution in [1.29, 1.82) is 0 Å². The SMILES string of the molecule is Cc1cccc(C(C)C)c1NC(=O)[C@H](C)OC(=O)c1ccc(OC(F)F)cc1. The molecule has 1 atom stereocenters. The van der Waals surface area contributed by atoms with Crippen molar-refractivity contribution < 1.29 is 27.8 Å². The number of halogens is 2. The van der Waals surface area contributed by atoms with Gasteiger partial charge in [0.15, 0.2) is 6.10 Å². The zero-order valence-electron chi connectivity index (χ0n) is 16.2. The molecule has 2 aromatic carbocycles. The van der Waals surface area contributed by atoms with Gasteiger partial charge in [0.05, 0.1) is 5.56 Å². The molecule has 0 saturated carbocycles. The average molecular weight is 391 g/mol. The minimum Gasteiger partial charge on any atom is -0.449 e. The third kappa shape index (κ3) is 5.52. The molecule has 0 radical (unpaired) electrons. The lowest BCUT2D eigenvalue weighted by molar-refractivity contribution is -0.123. The Bertz CT molecular complexity index is 835. The van der Waals surface area contributed by atoms with Gasteiger partial charge in [0.1, 0.15) is 5.75 Å². The molecule has 7 heteroatoms. The van der Waals surface area contributed by atoms with Crippen molar-refractivity contribution in [3.8, 4) is 5.75 Å².